The van der Waals surface area contributed by atoms with Gasteiger partial charge in [-0.3, -0.25) is 14.6 Å². The first-order valence-corrected chi connectivity index (χ1v) is 8.71. The Morgan fingerprint density at radius 3 is 2.42 bits per heavy atom. The molecule has 1 fully saturated rings. The lowest BCUT2D eigenvalue weighted by atomic mass is 10.2. The lowest BCUT2D eigenvalue weighted by Gasteiger charge is -2.34. The van der Waals surface area contributed by atoms with Crippen LogP contribution in [0.2, 0.25) is 0 Å². The van der Waals surface area contributed by atoms with Crippen LogP contribution in [0.15, 0.2) is 53.3 Å². The van der Waals surface area contributed by atoms with Gasteiger partial charge in [0.05, 0.1) is 12.1 Å². The molecule has 2 heterocycles. The van der Waals surface area contributed by atoms with Crippen molar-refractivity contribution in [2.24, 2.45) is 0 Å². The molecule has 134 valence electrons. The maximum absolute atomic E-state index is 13.8. The highest BCUT2D eigenvalue weighted by Crippen LogP contribution is 2.12. The number of hydrogen-bond donors (Lipinski definition) is 0. The van der Waals surface area contributed by atoms with E-state index in [2.05, 4.69) is 20.1 Å². The summed E-state index contributed by atoms with van der Waals surface area (Å²) >= 11 is 0. The Bertz CT molecular complexity index is 965. The number of halogens is 1. The van der Waals surface area contributed by atoms with Crippen LogP contribution in [-0.4, -0.2) is 51.0 Å². The lowest BCUT2D eigenvalue weighted by molar-refractivity contribution is 0.0954. The van der Waals surface area contributed by atoms with Gasteiger partial charge in [0, 0.05) is 38.3 Å². The predicted octanol–water partition coefficient (Wildman–Crippen LogP) is 1.71. The fourth-order valence-electron chi connectivity index (χ4n) is 3.26. The molecule has 3 aromatic rings. The van der Waals surface area contributed by atoms with Gasteiger partial charge in [0.2, 0.25) is 0 Å². The van der Waals surface area contributed by atoms with E-state index < -0.39 is 0 Å². The van der Waals surface area contributed by atoms with Gasteiger partial charge >= 0.3 is 0 Å². The second kappa shape index (κ2) is 7.31. The van der Waals surface area contributed by atoms with E-state index in [1.165, 1.54) is 10.7 Å². The molecule has 0 unspecified atom stereocenters. The molecule has 0 aliphatic carbocycles. The van der Waals surface area contributed by atoms with Crippen LogP contribution in [0, 0.1) is 5.82 Å². The number of nitrogens with zero attached hydrogens (tertiary/aromatic N) is 5. The van der Waals surface area contributed by atoms with E-state index in [-0.39, 0.29) is 11.4 Å². The average molecular weight is 353 g/mol. The molecule has 0 atom stereocenters. The minimum absolute atomic E-state index is 0.121. The molecule has 7 heteroatoms. The van der Waals surface area contributed by atoms with E-state index in [0.29, 0.717) is 24.1 Å². The van der Waals surface area contributed by atoms with Gasteiger partial charge in [0.25, 0.3) is 5.56 Å². The SMILES string of the molecule is O=c1c2ccccc2nnn1CN1CCN(Cc2ccccc2F)CC1. The van der Waals surface area contributed by atoms with Gasteiger partial charge in [-0.1, -0.05) is 35.5 Å². The normalized spacial score (nSPS) is 16.2. The summed E-state index contributed by atoms with van der Waals surface area (Å²) in [6.45, 7) is 4.28. The van der Waals surface area contributed by atoms with Crippen molar-refractivity contribution < 1.29 is 4.39 Å². The smallest absolute Gasteiger partial charge is 0.278 e. The summed E-state index contributed by atoms with van der Waals surface area (Å²) in [6.07, 6.45) is 0. The molecular weight excluding hydrogens is 333 g/mol. The van der Waals surface area contributed by atoms with Crippen LogP contribution in [0.5, 0.6) is 0 Å². The third-order valence-corrected chi connectivity index (χ3v) is 4.78. The Balaban J connectivity index is 1.39. The molecule has 0 saturated carbocycles. The number of piperazine rings is 1. The van der Waals surface area contributed by atoms with E-state index in [9.17, 15) is 9.18 Å². The van der Waals surface area contributed by atoms with Crippen molar-refractivity contribution in [3.8, 4) is 0 Å². The Morgan fingerprint density at radius 1 is 0.923 bits per heavy atom. The van der Waals surface area contributed by atoms with Crippen molar-refractivity contribution in [1.82, 2.24) is 24.8 Å². The summed E-state index contributed by atoms with van der Waals surface area (Å²) in [7, 11) is 0. The number of fused-ring (bicyclic) bond motifs is 1. The van der Waals surface area contributed by atoms with Crippen molar-refractivity contribution in [2.75, 3.05) is 26.2 Å². The van der Waals surface area contributed by atoms with E-state index >= 15 is 0 Å². The highest BCUT2D eigenvalue weighted by molar-refractivity contribution is 5.76. The topological polar surface area (TPSA) is 54.3 Å². The molecule has 0 spiro atoms. The quantitative estimate of drug-likeness (QED) is 0.715. The molecule has 1 aliphatic rings. The van der Waals surface area contributed by atoms with Crippen LogP contribution in [-0.2, 0) is 13.2 Å². The Kier molecular flexibility index (Phi) is 4.73. The van der Waals surface area contributed by atoms with Gasteiger partial charge in [0.1, 0.15) is 11.3 Å². The van der Waals surface area contributed by atoms with Gasteiger partial charge in [0.15, 0.2) is 0 Å². The van der Waals surface area contributed by atoms with Crippen LogP contribution in [0.25, 0.3) is 10.9 Å². The molecule has 1 saturated heterocycles. The third-order valence-electron chi connectivity index (χ3n) is 4.78. The molecule has 6 nitrogen and oxygen atoms in total. The van der Waals surface area contributed by atoms with E-state index in [1.54, 1.807) is 18.2 Å². The number of aromatic nitrogens is 3. The fourth-order valence-corrected chi connectivity index (χ4v) is 3.26. The van der Waals surface area contributed by atoms with E-state index in [0.717, 1.165) is 31.7 Å². The monoisotopic (exact) mass is 353 g/mol. The van der Waals surface area contributed by atoms with Crippen molar-refractivity contribution in [2.45, 2.75) is 13.2 Å². The van der Waals surface area contributed by atoms with Crippen molar-refractivity contribution >= 4 is 10.9 Å². The summed E-state index contributed by atoms with van der Waals surface area (Å²) in [5, 5.41) is 8.75. The van der Waals surface area contributed by atoms with Crippen LogP contribution < -0.4 is 5.56 Å². The van der Waals surface area contributed by atoms with Crippen molar-refractivity contribution in [3.05, 3.63) is 70.3 Å². The van der Waals surface area contributed by atoms with Crippen molar-refractivity contribution in [3.63, 3.8) is 0 Å². The first-order valence-electron chi connectivity index (χ1n) is 8.71. The Morgan fingerprint density at radius 2 is 1.62 bits per heavy atom. The minimum Gasteiger partial charge on any atom is -0.296 e. The summed E-state index contributed by atoms with van der Waals surface area (Å²) < 4.78 is 15.2. The second-order valence-electron chi connectivity index (χ2n) is 6.54. The Labute approximate surface area is 150 Å². The predicted molar refractivity (Wildman–Crippen MR) is 97.0 cm³/mol. The van der Waals surface area contributed by atoms with Crippen LogP contribution >= 0.6 is 0 Å². The van der Waals surface area contributed by atoms with E-state index in [1.807, 2.05) is 24.3 Å². The zero-order valence-electron chi connectivity index (χ0n) is 14.4. The molecule has 1 aliphatic heterocycles. The highest BCUT2D eigenvalue weighted by Gasteiger charge is 2.19. The lowest BCUT2D eigenvalue weighted by Crippen LogP contribution is -2.47. The molecule has 26 heavy (non-hydrogen) atoms. The number of rotatable bonds is 4. The average Bonchev–Trinajstić information content (AvgIpc) is 2.67. The molecular formula is C19H20FN5O. The molecule has 4 rings (SSSR count). The number of hydrogen-bond acceptors (Lipinski definition) is 5. The first-order chi connectivity index (χ1) is 12.7. The van der Waals surface area contributed by atoms with Crippen molar-refractivity contribution in [1.29, 1.82) is 0 Å². The molecule has 0 bridgehead atoms. The Hall–Kier alpha value is -2.64. The zero-order chi connectivity index (χ0) is 17.9. The molecule has 0 radical (unpaired) electrons. The van der Waals surface area contributed by atoms with Crippen LogP contribution in [0.3, 0.4) is 0 Å². The van der Waals surface area contributed by atoms with Gasteiger partial charge in [-0.2, -0.15) is 4.68 Å². The van der Waals surface area contributed by atoms with Crippen LogP contribution in [0.4, 0.5) is 4.39 Å². The summed E-state index contributed by atoms with van der Waals surface area (Å²) in [6, 6.07) is 14.1. The van der Waals surface area contributed by atoms with Gasteiger partial charge in [-0.05, 0) is 18.2 Å². The van der Waals surface area contributed by atoms with Gasteiger partial charge in [-0.25, -0.2) is 4.39 Å². The van der Waals surface area contributed by atoms with Gasteiger partial charge < -0.3 is 0 Å². The standard InChI is InChI=1S/C19H20FN5O/c20-17-7-3-1-5-15(17)13-23-9-11-24(12-10-23)14-25-19(26)16-6-2-4-8-18(16)21-22-25/h1-8H,9-14H2. The summed E-state index contributed by atoms with van der Waals surface area (Å²) in [5.41, 5.74) is 1.21. The highest BCUT2D eigenvalue weighted by atomic mass is 19.1. The molecule has 0 amide bonds. The fraction of sp³-hybridized carbons (Fsp3) is 0.316. The van der Waals surface area contributed by atoms with E-state index in [4.69, 9.17) is 0 Å². The molecule has 0 N–H and O–H groups in total. The third kappa shape index (κ3) is 3.49. The number of benzene rings is 2. The van der Waals surface area contributed by atoms with Crippen LogP contribution in [0.1, 0.15) is 5.56 Å². The maximum atomic E-state index is 13.8. The van der Waals surface area contributed by atoms with Gasteiger partial charge in [-0.15, -0.1) is 5.10 Å². The molecule has 1 aromatic heterocycles. The largest absolute Gasteiger partial charge is 0.296 e. The first kappa shape index (κ1) is 16.8. The maximum Gasteiger partial charge on any atom is 0.278 e. The zero-order valence-corrected chi connectivity index (χ0v) is 14.4. The summed E-state index contributed by atoms with van der Waals surface area (Å²) in [5.74, 6) is -0.159. The minimum atomic E-state index is -0.159. The summed E-state index contributed by atoms with van der Waals surface area (Å²) in [4.78, 5) is 16.9. The second-order valence-corrected chi connectivity index (χ2v) is 6.54. The molecule has 2 aromatic carbocycles.